The average Bonchev–Trinajstić information content (AvgIpc) is 2.49. The largest absolute Gasteiger partial charge is 0.418 e. The molecule has 21 heavy (non-hydrogen) atoms. The van der Waals surface area contributed by atoms with Crippen LogP contribution in [0, 0.1) is 0 Å². The topological polar surface area (TPSA) is 27.7 Å². The zero-order valence-electron chi connectivity index (χ0n) is 14.1. The van der Waals surface area contributed by atoms with Crippen molar-refractivity contribution in [2.24, 2.45) is 0 Å². The Hall–Kier alpha value is 0.531. The summed E-state index contributed by atoms with van der Waals surface area (Å²) in [6.45, 7) is 8.08. The van der Waals surface area contributed by atoms with Crippen molar-refractivity contribution in [2.45, 2.75) is 83.5 Å². The molecule has 0 saturated heterocycles. The number of hydrogen-bond donors (Lipinski definition) is 0. The molecule has 6 radical (unpaired) electrons. The zero-order valence-corrected chi connectivity index (χ0v) is 17.1. The van der Waals surface area contributed by atoms with Crippen LogP contribution in [0.4, 0.5) is 0 Å². The Morgan fingerprint density at radius 3 is 1.81 bits per heavy atom. The predicted octanol–water partition coefficient (Wildman–Crippen LogP) is 3.92. The molecule has 0 rings (SSSR count). The lowest BCUT2D eigenvalue weighted by atomic mass is 10.1. The molecule has 0 aromatic carbocycles. The van der Waals surface area contributed by atoms with Gasteiger partial charge in [-0.1, -0.05) is 38.5 Å². The Balaban J connectivity index is 3.32. The standard InChI is InChI=1S/C15H32O3Si3/c1-19-16-13-10-8-6-4-5-7-9-11-15(18-21-3)12-14-17-20-2/h15H,4-14H2,1-3H3. The van der Waals surface area contributed by atoms with Gasteiger partial charge in [0.2, 0.25) is 29.3 Å². The Labute approximate surface area is 139 Å². The molecule has 0 bridgehead atoms. The van der Waals surface area contributed by atoms with Gasteiger partial charge in [0, 0.05) is 19.3 Å². The first-order valence-electron chi connectivity index (χ1n) is 8.24. The van der Waals surface area contributed by atoms with Crippen LogP contribution in [-0.2, 0) is 13.3 Å². The van der Waals surface area contributed by atoms with Gasteiger partial charge in [-0.25, -0.2) is 0 Å². The molecule has 0 amide bonds. The molecule has 1 unspecified atom stereocenters. The van der Waals surface area contributed by atoms with Crippen LogP contribution in [-0.4, -0.2) is 48.6 Å². The normalized spacial score (nSPS) is 12.7. The highest BCUT2D eigenvalue weighted by Crippen LogP contribution is 2.13. The SMILES string of the molecule is C[Si]OCCCCCCCCCC(CCO[Si]C)O[Si]C. The molecule has 0 spiro atoms. The van der Waals surface area contributed by atoms with Gasteiger partial charge < -0.3 is 13.3 Å². The summed E-state index contributed by atoms with van der Waals surface area (Å²) in [7, 11) is 1.84. The summed E-state index contributed by atoms with van der Waals surface area (Å²) in [4.78, 5) is 0. The van der Waals surface area contributed by atoms with Gasteiger partial charge in [-0.3, -0.25) is 0 Å². The molecule has 0 heterocycles. The first-order chi connectivity index (χ1) is 10.3. The fourth-order valence-corrected chi connectivity index (χ4v) is 3.49. The van der Waals surface area contributed by atoms with Crippen LogP contribution >= 0.6 is 0 Å². The molecule has 6 heteroatoms. The summed E-state index contributed by atoms with van der Waals surface area (Å²) < 4.78 is 16.6. The van der Waals surface area contributed by atoms with Crippen molar-refractivity contribution in [3.63, 3.8) is 0 Å². The Kier molecular flexibility index (Phi) is 19.0. The predicted molar refractivity (Wildman–Crippen MR) is 93.2 cm³/mol. The smallest absolute Gasteiger partial charge is 0.226 e. The molecule has 0 aliphatic heterocycles. The Morgan fingerprint density at radius 2 is 1.19 bits per heavy atom. The maximum absolute atomic E-state index is 5.81. The molecule has 0 aliphatic rings. The van der Waals surface area contributed by atoms with Gasteiger partial charge >= 0.3 is 0 Å². The van der Waals surface area contributed by atoms with Gasteiger partial charge in [0.1, 0.15) is 0 Å². The van der Waals surface area contributed by atoms with E-state index in [-0.39, 0.29) is 0 Å². The third-order valence-corrected chi connectivity index (χ3v) is 4.94. The molecule has 0 N–H and O–H groups in total. The second-order valence-corrected chi connectivity index (χ2v) is 7.14. The van der Waals surface area contributed by atoms with Crippen molar-refractivity contribution in [3.8, 4) is 0 Å². The quantitative estimate of drug-likeness (QED) is 0.296. The summed E-state index contributed by atoms with van der Waals surface area (Å²) in [5.74, 6) is 0. The molecule has 0 aromatic heterocycles. The molecular weight excluding hydrogens is 312 g/mol. The minimum absolute atomic E-state index is 0.414. The first-order valence-corrected chi connectivity index (χ1v) is 12.5. The minimum atomic E-state index is 0.414. The van der Waals surface area contributed by atoms with E-state index in [0.717, 1.165) is 19.6 Å². The maximum atomic E-state index is 5.81. The summed E-state index contributed by atoms with van der Waals surface area (Å²) in [5, 5.41) is 0. The second-order valence-electron chi connectivity index (χ2n) is 5.10. The molecule has 0 fully saturated rings. The van der Waals surface area contributed by atoms with Crippen molar-refractivity contribution in [2.75, 3.05) is 13.2 Å². The summed E-state index contributed by atoms with van der Waals surface area (Å²) >= 11 is 0. The summed E-state index contributed by atoms with van der Waals surface area (Å²) in [6.07, 6.45) is 11.9. The van der Waals surface area contributed by atoms with Crippen LogP contribution in [0.1, 0.15) is 57.8 Å². The van der Waals surface area contributed by atoms with Crippen molar-refractivity contribution < 1.29 is 13.3 Å². The van der Waals surface area contributed by atoms with E-state index in [0.29, 0.717) is 35.4 Å². The van der Waals surface area contributed by atoms with Crippen molar-refractivity contribution in [1.29, 1.82) is 0 Å². The molecule has 0 aromatic rings. The van der Waals surface area contributed by atoms with Gasteiger partial charge in [0.05, 0.1) is 0 Å². The molecule has 0 saturated carbocycles. The van der Waals surface area contributed by atoms with Crippen LogP contribution in [0.25, 0.3) is 0 Å². The lowest BCUT2D eigenvalue weighted by Gasteiger charge is -2.16. The first kappa shape index (κ1) is 21.5. The lowest BCUT2D eigenvalue weighted by molar-refractivity contribution is 0.159. The third kappa shape index (κ3) is 16.7. The van der Waals surface area contributed by atoms with Crippen molar-refractivity contribution in [3.05, 3.63) is 0 Å². The highest BCUT2D eigenvalue weighted by molar-refractivity contribution is 6.25. The lowest BCUT2D eigenvalue weighted by Crippen LogP contribution is -2.17. The third-order valence-electron chi connectivity index (χ3n) is 3.39. The fraction of sp³-hybridized carbons (Fsp3) is 1.00. The zero-order chi connectivity index (χ0) is 15.6. The van der Waals surface area contributed by atoms with E-state index in [2.05, 4.69) is 19.6 Å². The summed E-state index contributed by atoms with van der Waals surface area (Å²) in [6, 6.07) is 0. The van der Waals surface area contributed by atoms with E-state index in [1.165, 1.54) is 51.4 Å². The van der Waals surface area contributed by atoms with E-state index in [9.17, 15) is 0 Å². The molecular formula is C15H32O3Si3. The van der Waals surface area contributed by atoms with Crippen LogP contribution in [0.3, 0.4) is 0 Å². The Morgan fingerprint density at radius 1 is 0.619 bits per heavy atom. The van der Waals surface area contributed by atoms with Gasteiger partial charge in [0.15, 0.2) is 0 Å². The van der Waals surface area contributed by atoms with Gasteiger partial charge in [0.25, 0.3) is 0 Å². The Bertz CT molecular complexity index is 197. The highest BCUT2D eigenvalue weighted by Gasteiger charge is 2.07. The van der Waals surface area contributed by atoms with E-state index in [4.69, 9.17) is 13.3 Å². The number of unbranched alkanes of at least 4 members (excludes halogenated alkanes) is 6. The highest BCUT2D eigenvalue weighted by atomic mass is 28.2. The van der Waals surface area contributed by atoms with Crippen molar-refractivity contribution >= 4 is 29.3 Å². The van der Waals surface area contributed by atoms with Crippen LogP contribution in [0.5, 0.6) is 0 Å². The van der Waals surface area contributed by atoms with E-state index >= 15 is 0 Å². The van der Waals surface area contributed by atoms with Crippen LogP contribution < -0.4 is 0 Å². The van der Waals surface area contributed by atoms with Crippen LogP contribution in [0.15, 0.2) is 0 Å². The molecule has 122 valence electrons. The maximum Gasteiger partial charge on any atom is 0.226 e. The number of rotatable bonds is 17. The van der Waals surface area contributed by atoms with E-state index < -0.39 is 0 Å². The second kappa shape index (κ2) is 18.6. The molecule has 1 atom stereocenters. The minimum Gasteiger partial charge on any atom is -0.418 e. The fourth-order valence-electron chi connectivity index (χ4n) is 2.25. The van der Waals surface area contributed by atoms with E-state index in [1.807, 2.05) is 0 Å². The monoisotopic (exact) mass is 344 g/mol. The van der Waals surface area contributed by atoms with Gasteiger partial charge in [-0.15, -0.1) is 0 Å². The van der Waals surface area contributed by atoms with Crippen LogP contribution in [0.2, 0.25) is 19.6 Å². The average molecular weight is 345 g/mol. The summed E-state index contributed by atoms with van der Waals surface area (Å²) in [5.41, 5.74) is 0. The molecule has 3 nitrogen and oxygen atoms in total. The van der Waals surface area contributed by atoms with E-state index in [1.54, 1.807) is 0 Å². The molecule has 0 aliphatic carbocycles. The number of hydrogen-bond acceptors (Lipinski definition) is 3. The van der Waals surface area contributed by atoms with Gasteiger partial charge in [-0.05, 0) is 38.9 Å². The van der Waals surface area contributed by atoms with Crippen molar-refractivity contribution in [1.82, 2.24) is 0 Å². The van der Waals surface area contributed by atoms with Gasteiger partial charge in [-0.2, -0.15) is 0 Å².